The first-order chi connectivity index (χ1) is 11.6. The van der Waals surface area contributed by atoms with E-state index in [2.05, 4.69) is 5.32 Å². The van der Waals surface area contributed by atoms with Gasteiger partial charge in [0.1, 0.15) is 11.3 Å². The van der Waals surface area contributed by atoms with E-state index in [1.165, 1.54) is 0 Å². The monoisotopic (exact) mass is 322 g/mol. The zero-order valence-corrected chi connectivity index (χ0v) is 13.6. The molecule has 1 N–H and O–H groups in total. The second-order valence-corrected chi connectivity index (χ2v) is 5.53. The summed E-state index contributed by atoms with van der Waals surface area (Å²) in [5.74, 6) is 0.380. The number of hydrogen-bond acceptors (Lipinski definition) is 3. The standard InChI is InChI=1S/C19H18N2O3/c1-21-12-16(18(22)15-5-3-4-6-17(15)21)19(23)20-11-13-7-9-14(24-2)10-8-13/h3-10,12H,11H2,1-2H3,(H,20,23). The van der Waals surface area contributed by atoms with E-state index in [-0.39, 0.29) is 16.9 Å². The fraction of sp³-hybridized carbons (Fsp3) is 0.158. The highest BCUT2D eigenvalue weighted by Crippen LogP contribution is 2.12. The molecule has 0 aliphatic carbocycles. The first kappa shape index (κ1) is 15.8. The molecule has 3 rings (SSSR count). The average Bonchev–Trinajstić information content (AvgIpc) is 2.63. The number of hydrogen-bond donors (Lipinski definition) is 1. The molecule has 5 heteroatoms. The number of amides is 1. The molecule has 5 nitrogen and oxygen atoms in total. The molecule has 0 unspecified atom stereocenters. The van der Waals surface area contributed by atoms with Crippen molar-refractivity contribution in [3.63, 3.8) is 0 Å². The molecule has 0 saturated heterocycles. The molecule has 0 aliphatic rings. The first-order valence-corrected chi connectivity index (χ1v) is 7.59. The van der Waals surface area contributed by atoms with Crippen molar-refractivity contribution in [3.05, 3.63) is 76.1 Å². The maximum absolute atomic E-state index is 12.5. The van der Waals surface area contributed by atoms with Crippen LogP contribution in [0.2, 0.25) is 0 Å². The van der Waals surface area contributed by atoms with Crippen LogP contribution in [0.5, 0.6) is 5.75 Å². The Labute approximate surface area is 139 Å². The summed E-state index contributed by atoms with van der Waals surface area (Å²) >= 11 is 0. The Balaban J connectivity index is 1.83. The van der Waals surface area contributed by atoms with Crippen LogP contribution in [0.4, 0.5) is 0 Å². The number of nitrogens with zero attached hydrogens (tertiary/aromatic N) is 1. The fourth-order valence-corrected chi connectivity index (χ4v) is 2.62. The van der Waals surface area contributed by atoms with Gasteiger partial charge in [-0.3, -0.25) is 9.59 Å². The van der Waals surface area contributed by atoms with Crippen LogP contribution in [0, 0.1) is 0 Å². The van der Waals surface area contributed by atoms with Gasteiger partial charge in [0.05, 0.1) is 12.6 Å². The number of para-hydroxylation sites is 1. The van der Waals surface area contributed by atoms with Gasteiger partial charge in [0.2, 0.25) is 5.43 Å². The Morgan fingerprint density at radius 3 is 2.54 bits per heavy atom. The van der Waals surface area contributed by atoms with Crippen molar-refractivity contribution < 1.29 is 9.53 Å². The predicted molar refractivity (Wildman–Crippen MR) is 93.4 cm³/mol. The second kappa shape index (κ2) is 6.58. The first-order valence-electron chi connectivity index (χ1n) is 7.59. The van der Waals surface area contributed by atoms with E-state index in [4.69, 9.17) is 4.74 Å². The lowest BCUT2D eigenvalue weighted by molar-refractivity contribution is 0.0949. The van der Waals surface area contributed by atoms with Crippen LogP contribution in [0.3, 0.4) is 0 Å². The molecule has 0 bridgehead atoms. The highest BCUT2D eigenvalue weighted by atomic mass is 16.5. The van der Waals surface area contributed by atoms with Gasteiger partial charge in [-0.1, -0.05) is 24.3 Å². The zero-order valence-electron chi connectivity index (χ0n) is 13.6. The zero-order chi connectivity index (χ0) is 17.1. The molecule has 1 aromatic heterocycles. The number of carbonyl (C=O) groups is 1. The third-order valence-corrected chi connectivity index (χ3v) is 3.95. The van der Waals surface area contributed by atoms with Gasteiger partial charge < -0.3 is 14.6 Å². The molecule has 0 spiro atoms. The van der Waals surface area contributed by atoms with Crippen molar-refractivity contribution in [2.45, 2.75) is 6.54 Å². The van der Waals surface area contributed by atoms with Gasteiger partial charge in [-0.05, 0) is 29.8 Å². The molecule has 0 radical (unpaired) electrons. The third kappa shape index (κ3) is 3.01. The fourth-order valence-electron chi connectivity index (χ4n) is 2.62. The van der Waals surface area contributed by atoms with E-state index in [0.29, 0.717) is 11.9 Å². The molecule has 1 amide bonds. The number of nitrogens with one attached hydrogen (secondary N) is 1. The van der Waals surface area contributed by atoms with E-state index >= 15 is 0 Å². The molecule has 0 fully saturated rings. The number of carbonyl (C=O) groups excluding carboxylic acids is 1. The molecule has 24 heavy (non-hydrogen) atoms. The smallest absolute Gasteiger partial charge is 0.257 e. The van der Waals surface area contributed by atoms with Crippen LogP contribution in [0.15, 0.2) is 59.5 Å². The Morgan fingerprint density at radius 2 is 1.83 bits per heavy atom. The highest BCUT2D eigenvalue weighted by molar-refractivity contribution is 5.97. The van der Waals surface area contributed by atoms with Crippen molar-refractivity contribution in [1.29, 1.82) is 0 Å². The minimum atomic E-state index is -0.378. The van der Waals surface area contributed by atoms with Gasteiger partial charge in [0.15, 0.2) is 0 Å². The lowest BCUT2D eigenvalue weighted by Crippen LogP contribution is -2.29. The number of methoxy groups -OCH3 is 1. The molecule has 122 valence electrons. The van der Waals surface area contributed by atoms with Crippen molar-refractivity contribution in [2.75, 3.05) is 7.11 Å². The number of fused-ring (bicyclic) bond motifs is 1. The molecular formula is C19H18N2O3. The molecule has 2 aromatic carbocycles. The van der Waals surface area contributed by atoms with Crippen LogP contribution in [-0.2, 0) is 13.6 Å². The maximum atomic E-state index is 12.5. The Bertz CT molecular complexity index is 943. The summed E-state index contributed by atoms with van der Waals surface area (Å²) in [6.07, 6.45) is 1.58. The Hall–Kier alpha value is -3.08. The summed E-state index contributed by atoms with van der Waals surface area (Å²) in [6, 6.07) is 14.7. The van der Waals surface area contributed by atoms with E-state index in [1.54, 1.807) is 30.0 Å². The van der Waals surface area contributed by atoms with Crippen LogP contribution < -0.4 is 15.5 Å². The van der Waals surface area contributed by atoms with Crippen molar-refractivity contribution in [3.8, 4) is 5.75 Å². The van der Waals surface area contributed by atoms with E-state index in [1.807, 2.05) is 43.4 Å². The SMILES string of the molecule is COc1ccc(CNC(=O)c2cn(C)c3ccccc3c2=O)cc1. The molecular weight excluding hydrogens is 304 g/mol. The summed E-state index contributed by atoms with van der Waals surface area (Å²) in [7, 11) is 3.42. The third-order valence-electron chi connectivity index (χ3n) is 3.95. The van der Waals surface area contributed by atoms with Crippen LogP contribution in [-0.4, -0.2) is 17.6 Å². The van der Waals surface area contributed by atoms with Crippen molar-refractivity contribution in [1.82, 2.24) is 9.88 Å². The molecule has 0 atom stereocenters. The molecule has 0 aliphatic heterocycles. The van der Waals surface area contributed by atoms with Crippen LogP contribution in [0.25, 0.3) is 10.9 Å². The van der Waals surface area contributed by atoms with Gasteiger partial charge in [0.25, 0.3) is 5.91 Å². The molecule has 0 saturated carbocycles. The minimum absolute atomic E-state index is 0.143. The number of ether oxygens (including phenoxy) is 1. The summed E-state index contributed by atoms with van der Waals surface area (Å²) in [5, 5.41) is 3.33. The number of benzene rings is 2. The number of aryl methyl sites for hydroxylation is 1. The van der Waals surface area contributed by atoms with Gasteiger partial charge in [-0.15, -0.1) is 0 Å². The van der Waals surface area contributed by atoms with Gasteiger partial charge in [-0.2, -0.15) is 0 Å². The molecule has 1 heterocycles. The lowest BCUT2D eigenvalue weighted by Gasteiger charge is -2.10. The van der Waals surface area contributed by atoms with Crippen molar-refractivity contribution >= 4 is 16.8 Å². The highest BCUT2D eigenvalue weighted by Gasteiger charge is 2.14. The maximum Gasteiger partial charge on any atom is 0.257 e. The summed E-state index contributed by atoms with van der Waals surface area (Å²) in [4.78, 5) is 24.9. The normalized spacial score (nSPS) is 10.6. The van der Waals surface area contributed by atoms with E-state index in [0.717, 1.165) is 16.8 Å². The van der Waals surface area contributed by atoms with Gasteiger partial charge in [0, 0.05) is 25.2 Å². The topological polar surface area (TPSA) is 60.3 Å². The number of pyridine rings is 1. The largest absolute Gasteiger partial charge is 0.497 e. The number of rotatable bonds is 4. The summed E-state index contributed by atoms with van der Waals surface area (Å²) in [5.41, 5.74) is 1.62. The average molecular weight is 322 g/mol. The minimum Gasteiger partial charge on any atom is -0.497 e. The summed E-state index contributed by atoms with van der Waals surface area (Å²) in [6.45, 7) is 0.346. The molecule has 3 aromatic rings. The predicted octanol–water partition coefficient (Wildman–Crippen LogP) is 2.48. The van der Waals surface area contributed by atoms with E-state index < -0.39 is 0 Å². The van der Waals surface area contributed by atoms with Gasteiger partial charge in [-0.25, -0.2) is 0 Å². The Morgan fingerprint density at radius 1 is 1.12 bits per heavy atom. The van der Waals surface area contributed by atoms with E-state index in [9.17, 15) is 9.59 Å². The summed E-state index contributed by atoms with van der Waals surface area (Å²) < 4.78 is 6.89. The van der Waals surface area contributed by atoms with Crippen LogP contribution in [0.1, 0.15) is 15.9 Å². The van der Waals surface area contributed by atoms with Crippen LogP contribution >= 0.6 is 0 Å². The quantitative estimate of drug-likeness (QED) is 0.803. The Kier molecular flexibility index (Phi) is 4.33. The lowest BCUT2D eigenvalue weighted by atomic mass is 10.1. The van der Waals surface area contributed by atoms with Crippen molar-refractivity contribution in [2.24, 2.45) is 7.05 Å². The number of aromatic nitrogens is 1. The second-order valence-electron chi connectivity index (χ2n) is 5.53. The van der Waals surface area contributed by atoms with Gasteiger partial charge >= 0.3 is 0 Å².